The van der Waals surface area contributed by atoms with E-state index in [2.05, 4.69) is 0 Å². The van der Waals surface area contributed by atoms with Crippen LogP contribution in [-0.4, -0.2) is 77.4 Å². The van der Waals surface area contributed by atoms with Crippen LogP contribution in [0, 0.1) is 0 Å². The van der Waals surface area contributed by atoms with Crippen molar-refractivity contribution < 1.29 is 5.11 Å². The number of hydrogen-bond donors (Lipinski definition) is 2. The number of aliphatic hydroxyl groups excluding tert-OH is 1. The summed E-state index contributed by atoms with van der Waals surface area (Å²) < 4.78 is 0. The first-order valence-corrected chi connectivity index (χ1v) is 1.22. The van der Waals surface area contributed by atoms with E-state index in [0.29, 0.717) is 6.54 Å². The van der Waals surface area contributed by atoms with Crippen molar-refractivity contribution in [2.24, 2.45) is 5.73 Å². The molecule has 0 aliphatic heterocycles. The summed E-state index contributed by atoms with van der Waals surface area (Å²) in [5.41, 5.74) is 4.78. The standard InChI is InChI=1S/C2H7NO.2Na/c3-1-2-4;;/h4H,1-3H2;;. The van der Waals surface area contributed by atoms with Crippen LogP contribution in [-0.2, 0) is 0 Å². The third-order valence-corrected chi connectivity index (χ3v) is 0.129. The monoisotopic (exact) mass is 107 g/mol. The minimum atomic E-state index is 0. The summed E-state index contributed by atoms with van der Waals surface area (Å²) in [5.74, 6) is 0. The maximum atomic E-state index is 7.75. The average Bonchev–Trinajstić information content (AvgIpc) is 1.37. The van der Waals surface area contributed by atoms with Gasteiger partial charge in [-0.25, -0.2) is 0 Å². The molecule has 0 bridgehead atoms. The van der Waals surface area contributed by atoms with Gasteiger partial charge in [0.25, 0.3) is 0 Å². The summed E-state index contributed by atoms with van der Waals surface area (Å²) in [6.07, 6.45) is 0. The van der Waals surface area contributed by atoms with E-state index in [9.17, 15) is 0 Å². The van der Waals surface area contributed by atoms with Crippen molar-refractivity contribution in [1.29, 1.82) is 0 Å². The molecule has 28 valence electrons. The predicted molar refractivity (Wildman–Crippen MR) is 27.6 cm³/mol. The molecule has 0 aliphatic carbocycles. The number of rotatable bonds is 1. The Morgan fingerprint density at radius 3 is 1.50 bits per heavy atom. The van der Waals surface area contributed by atoms with Crippen molar-refractivity contribution >= 4 is 59.1 Å². The van der Waals surface area contributed by atoms with E-state index in [1.54, 1.807) is 0 Å². The number of hydrogen-bond acceptors (Lipinski definition) is 2. The number of nitrogens with two attached hydrogens (primary N) is 1. The van der Waals surface area contributed by atoms with Crippen LogP contribution >= 0.6 is 0 Å². The first-order valence-electron chi connectivity index (χ1n) is 1.22. The zero-order chi connectivity index (χ0) is 3.41. The normalized spacial score (nSPS) is 5.00. The third kappa shape index (κ3) is 16.8. The molecular formula is C2H7NNa2O. The topological polar surface area (TPSA) is 46.2 Å². The molecule has 0 aromatic rings. The molecule has 0 saturated carbocycles. The second kappa shape index (κ2) is 15.8. The molecule has 0 aromatic heterocycles. The van der Waals surface area contributed by atoms with Crippen molar-refractivity contribution in [3.05, 3.63) is 0 Å². The van der Waals surface area contributed by atoms with Crippen LogP contribution in [0.15, 0.2) is 0 Å². The molecule has 0 fully saturated rings. The summed E-state index contributed by atoms with van der Waals surface area (Å²) in [5, 5.41) is 7.75. The van der Waals surface area contributed by atoms with E-state index < -0.39 is 0 Å². The molecule has 6 heavy (non-hydrogen) atoms. The molecule has 0 atom stereocenters. The van der Waals surface area contributed by atoms with E-state index in [4.69, 9.17) is 10.8 Å². The van der Waals surface area contributed by atoms with E-state index in [-0.39, 0.29) is 65.7 Å². The molecule has 0 heterocycles. The fraction of sp³-hybridized carbons (Fsp3) is 1.00. The molecular weight excluding hydrogens is 100 g/mol. The van der Waals surface area contributed by atoms with Gasteiger partial charge in [-0.2, -0.15) is 0 Å². The molecule has 3 N–H and O–H groups in total. The summed E-state index contributed by atoms with van der Waals surface area (Å²) in [6, 6.07) is 0. The van der Waals surface area contributed by atoms with Crippen molar-refractivity contribution in [1.82, 2.24) is 0 Å². The smallest absolute Gasteiger partial charge is 0.0553 e. The van der Waals surface area contributed by atoms with Crippen molar-refractivity contribution in [2.45, 2.75) is 0 Å². The van der Waals surface area contributed by atoms with Crippen LogP contribution in [0.1, 0.15) is 0 Å². The fourth-order valence-corrected chi connectivity index (χ4v) is 0. The Bertz CT molecular complexity index is 13.5. The predicted octanol–water partition coefficient (Wildman–Crippen LogP) is -1.82. The Kier molecular flexibility index (Phi) is 41.2. The molecule has 2 radical (unpaired) electrons. The van der Waals surface area contributed by atoms with E-state index in [1.165, 1.54) is 0 Å². The van der Waals surface area contributed by atoms with E-state index in [0.717, 1.165) is 0 Å². The fourth-order valence-electron chi connectivity index (χ4n) is 0. The maximum absolute atomic E-state index is 7.75. The molecule has 0 amide bonds. The molecule has 4 heteroatoms. The molecule has 0 spiro atoms. The van der Waals surface area contributed by atoms with E-state index >= 15 is 0 Å². The van der Waals surface area contributed by atoms with Gasteiger partial charge >= 0.3 is 0 Å². The van der Waals surface area contributed by atoms with Crippen LogP contribution in [0.2, 0.25) is 0 Å². The largest absolute Gasteiger partial charge is 0.395 e. The maximum Gasteiger partial charge on any atom is 0.0553 e. The molecule has 0 saturated heterocycles. The second-order valence-corrected chi connectivity index (χ2v) is 0.512. The first-order chi connectivity index (χ1) is 1.91. The molecule has 0 aromatic carbocycles. The van der Waals surface area contributed by atoms with Gasteiger partial charge in [-0.1, -0.05) is 0 Å². The first kappa shape index (κ1) is 15.7. The molecule has 2 nitrogen and oxygen atoms in total. The Balaban J connectivity index is -0.0000000450. The molecule has 0 rings (SSSR count). The zero-order valence-electron chi connectivity index (χ0n) is 4.44. The summed E-state index contributed by atoms with van der Waals surface area (Å²) >= 11 is 0. The summed E-state index contributed by atoms with van der Waals surface area (Å²) in [7, 11) is 0. The quantitative estimate of drug-likeness (QED) is 0.387. The summed E-state index contributed by atoms with van der Waals surface area (Å²) in [4.78, 5) is 0. The van der Waals surface area contributed by atoms with Crippen molar-refractivity contribution in [3.8, 4) is 0 Å². The van der Waals surface area contributed by atoms with Gasteiger partial charge in [-0.3, -0.25) is 0 Å². The Morgan fingerprint density at radius 2 is 1.50 bits per heavy atom. The molecule has 0 aliphatic rings. The minimum Gasteiger partial charge on any atom is -0.395 e. The Hall–Kier alpha value is 1.92. The Labute approximate surface area is 82.1 Å². The van der Waals surface area contributed by atoms with Gasteiger partial charge < -0.3 is 10.8 Å². The van der Waals surface area contributed by atoms with Gasteiger partial charge in [0.05, 0.1) is 6.61 Å². The van der Waals surface area contributed by atoms with Gasteiger partial charge in [-0.15, -0.1) is 0 Å². The van der Waals surface area contributed by atoms with Gasteiger partial charge in [0.1, 0.15) is 0 Å². The van der Waals surface area contributed by atoms with Crippen LogP contribution in [0.5, 0.6) is 0 Å². The van der Waals surface area contributed by atoms with Gasteiger partial charge in [-0.05, 0) is 0 Å². The van der Waals surface area contributed by atoms with Crippen molar-refractivity contribution in [2.75, 3.05) is 13.2 Å². The van der Waals surface area contributed by atoms with Crippen LogP contribution < -0.4 is 5.73 Å². The van der Waals surface area contributed by atoms with Crippen LogP contribution in [0.25, 0.3) is 0 Å². The SMILES string of the molecule is NCCO.[Na].[Na]. The Morgan fingerprint density at radius 1 is 1.33 bits per heavy atom. The van der Waals surface area contributed by atoms with Crippen LogP contribution in [0.3, 0.4) is 0 Å². The van der Waals surface area contributed by atoms with Gasteiger partial charge in [0.2, 0.25) is 0 Å². The molecule has 0 unspecified atom stereocenters. The zero-order valence-corrected chi connectivity index (χ0v) is 8.44. The average molecular weight is 107 g/mol. The minimum absolute atomic E-state index is 0. The van der Waals surface area contributed by atoms with E-state index in [1.807, 2.05) is 0 Å². The number of aliphatic hydroxyl groups is 1. The third-order valence-electron chi connectivity index (χ3n) is 0.129. The van der Waals surface area contributed by atoms with Crippen molar-refractivity contribution in [3.63, 3.8) is 0 Å². The second-order valence-electron chi connectivity index (χ2n) is 0.512. The van der Waals surface area contributed by atoms with Gasteiger partial charge in [0, 0.05) is 65.7 Å². The summed E-state index contributed by atoms with van der Waals surface area (Å²) in [6.45, 7) is 0.472. The van der Waals surface area contributed by atoms with Gasteiger partial charge in [0.15, 0.2) is 0 Å². The van der Waals surface area contributed by atoms with Crippen LogP contribution in [0.4, 0.5) is 0 Å².